The summed E-state index contributed by atoms with van der Waals surface area (Å²) in [5, 5.41) is 9.01. The van der Waals surface area contributed by atoms with Gasteiger partial charge in [0.25, 0.3) is 0 Å². The van der Waals surface area contributed by atoms with E-state index in [1.54, 1.807) is 0 Å². The largest absolute Gasteiger partial charge is 0.223 e. The first-order chi connectivity index (χ1) is 12.1. The van der Waals surface area contributed by atoms with Crippen molar-refractivity contribution in [2.45, 2.75) is 5.75 Å². The smallest absolute Gasteiger partial charge is 0.200 e. The summed E-state index contributed by atoms with van der Waals surface area (Å²) in [7, 11) is -4.39. The van der Waals surface area contributed by atoms with Gasteiger partial charge in [-0.3, -0.25) is 0 Å². The molecule has 26 heavy (non-hydrogen) atoms. The Morgan fingerprint density at radius 1 is 0.962 bits per heavy atom. The Bertz CT molecular complexity index is 1010. The quantitative estimate of drug-likeness (QED) is 0.295. The van der Waals surface area contributed by atoms with E-state index in [-0.39, 0.29) is 11.6 Å². The molecule has 0 atom stereocenters. The van der Waals surface area contributed by atoms with Crippen molar-refractivity contribution in [1.82, 2.24) is 0 Å². The molecule has 0 heterocycles. The van der Waals surface area contributed by atoms with Gasteiger partial charge in [0.2, 0.25) is 5.82 Å². The normalized spacial score (nSPS) is 12.1. The number of sulfone groups is 1. The van der Waals surface area contributed by atoms with Crippen LogP contribution in [0.15, 0.2) is 33.6 Å². The minimum Gasteiger partial charge on any atom is -0.223 e. The Morgan fingerprint density at radius 2 is 1.42 bits per heavy atom. The van der Waals surface area contributed by atoms with E-state index in [4.69, 9.17) is 5.26 Å². The summed E-state index contributed by atoms with van der Waals surface area (Å²) in [5.41, 5.74) is -1.25. The Morgan fingerprint density at radius 3 is 1.88 bits per heavy atom. The molecule has 3 nitrogen and oxygen atoms in total. The first-order valence-electron chi connectivity index (χ1n) is 6.69. The van der Waals surface area contributed by atoms with Gasteiger partial charge in [0.1, 0.15) is 11.0 Å². The predicted molar refractivity (Wildman–Crippen MR) is 86.6 cm³/mol. The number of hydrogen-bond donors (Lipinski definition) is 0. The minimum absolute atomic E-state index is 0.129. The Balaban J connectivity index is 2.55. The summed E-state index contributed by atoms with van der Waals surface area (Å²) in [6.07, 6.45) is 0.129. The lowest BCUT2D eigenvalue weighted by Gasteiger charge is -2.07. The molecular weight excluding hydrogens is 445 g/mol. The van der Waals surface area contributed by atoms with Crippen LogP contribution in [0.3, 0.4) is 0 Å². The second-order valence-electron chi connectivity index (χ2n) is 4.99. The van der Waals surface area contributed by atoms with E-state index in [9.17, 15) is 30.4 Å². The van der Waals surface area contributed by atoms with E-state index in [1.165, 1.54) is 30.3 Å². The molecule has 0 aliphatic rings. The SMILES string of the molecule is N#C/C(=C/c1c(F)c(F)c(F)c(F)c1F)S(=O)(=O)Cc1ccc(Br)cc1. The van der Waals surface area contributed by atoms with Crippen LogP contribution >= 0.6 is 15.9 Å². The topological polar surface area (TPSA) is 57.9 Å². The fraction of sp³-hybridized carbons (Fsp3) is 0.0625. The van der Waals surface area contributed by atoms with Gasteiger partial charge in [-0.15, -0.1) is 0 Å². The third kappa shape index (κ3) is 3.94. The van der Waals surface area contributed by atoms with Gasteiger partial charge in [-0.2, -0.15) is 5.26 Å². The molecule has 0 saturated carbocycles. The van der Waals surface area contributed by atoms with Crippen LogP contribution in [0, 0.1) is 40.4 Å². The van der Waals surface area contributed by atoms with E-state index >= 15 is 0 Å². The van der Waals surface area contributed by atoms with E-state index in [0.29, 0.717) is 4.47 Å². The zero-order chi connectivity index (χ0) is 19.6. The molecule has 0 unspecified atom stereocenters. The van der Waals surface area contributed by atoms with Gasteiger partial charge in [-0.1, -0.05) is 28.1 Å². The molecule has 0 fully saturated rings. The minimum atomic E-state index is -4.39. The number of benzene rings is 2. The number of hydrogen-bond acceptors (Lipinski definition) is 3. The number of allylic oxidation sites excluding steroid dienone is 1. The molecule has 0 amide bonds. The standard InChI is InChI=1S/C16H7BrF5NO2S/c17-9-3-1-8(2-4-9)7-26(24,25)10(6-23)5-11-12(18)14(20)16(22)15(21)13(11)19/h1-5H,7H2/b10-5-. The van der Waals surface area contributed by atoms with Gasteiger partial charge in [0.15, 0.2) is 33.1 Å². The molecule has 0 bridgehead atoms. The zero-order valence-corrected chi connectivity index (χ0v) is 14.9. The highest BCUT2D eigenvalue weighted by Gasteiger charge is 2.27. The van der Waals surface area contributed by atoms with Crippen molar-refractivity contribution in [3.8, 4) is 6.07 Å². The molecule has 2 aromatic carbocycles. The second kappa shape index (κ2) is 7.55. The molecule has 0 aliphatic carbocycles. The van der Waals surface area contributed by atoms with Crippen molar-refractivity contribution in [3.05, 3.63) is 73.9 Å². The lowest BCUT2D eigenvalue weighted by atomic mass is 10.1. The van der Waals surface area contributed by atoms with Crippen LogP contribution in [0.25, 0.3) is 6.08 Å². The molecule has 0 spiro atoms. The van der Waals surface area contributed by atoms with Gasteiger partial charge in [0, 0.05) is 4.47 Å². The van der Waals surface area contributed by atoms with Crippen LogP contribution in [-0.4, -0.2) is 8.42 Å². The third-order valence-corrected chi connectivity index (χ3v) is 5.36. The monoisotopic (exact) mass is 451 g/mol. The van der Waals surface area contributed by atoms with Gasteiger partial charge >= 0.3 is 0 Å². The van der Waals surface area contributed by atoms with Gasteiger partial charge in [-0.25, -0.2) is 30.4 Å². The highest BCUT2D eigenvalue weighted by molar-refractivity contribution is 9.10. The van der Waals surface area contributed by atoms with Crippen LogP contribution in [0.4, 0.5) is 22.0 Å². The Hall–Kier alpha value is -2.25. The Labute approximate surface area is 153 Å². The average molecular weight is 452 g/mol. The molecule has 0 aromatic heterocycles. The maximum atomic E-state index is 13.7. The van der Waals surface area contributed by atoms with E-state index in [2.05, 4.69) is 15.9 Å². The Kier molecular flexibility index (Phi) is 5.83. The van der Waals surface area contributed by atoms with Crippen molar-refractivity contribution in [3.63, 3.8) is 0 Å². The number of nitrogens with zero attached hydrogens (tertiary/aromatic N) is 1. The molecule has 0 radical (unpaired) electrons. The van der Waals surface area contributed by atoms with Crippen LogP contribution in [-0.2, 0) is 15.6 Å². The van der Waals surface area contributed by atoms with Crippen molar-refractivity contribution in [2.75, 3.05) is 0 Å². The van der Waals surface area contributed by atoms with Gasteiger partial charge in [0.05, 0.1) is 11.3 Å². The highest BCUT2D eigenvalue weighted by Crippen LogP contribution is 2.26. The summed E-state index contributed by atoms with van der Waals surface area (Å²) >= 11 is 3.15. The van der Waals surface area contributed by atoms with Crippen molar-refractivity contribution in [2.24, 2.45) is 0 Å². The number of halogens is 6. The van der Waals surface area contributed by atoms with E-state index in [1.807, 2.05) is 0 Å². The fourth-order valence-corrected chi connectivity index (χ4v) is 3.44. The predicted octanol–water partition coefficient (Wildman–Crippen LogP) is 4.62. The van der Waals surface area contributed by atoms with Crippen LogP contribution in [0.5, 0.6) is 0 Å². The number of rotatable bonds is 4. The molecule has 0 N–H and O–H groups in total. The number of nitriles is 1. The van der Waals surface area contributed by atoms with E-state index < -0.39 is 55.1 Å². The van der Waals surface area contributed by atoms with E-state index in [0.717, 1.165) is 0 Å². The molecular formula is C16H7BrF5NO2S. The molecule has 10 heteroatoms. The fourth-order valence-electron chi connectivity index (χ4n) is 1.95. The maximum absolute atomic E-state index is 13.7. The highest BCUT2D eigenvalue weighted by atomic mass is 79.9. The summed E-state index contributed by atoms with van der Waals surface area (Å²) in [6, 6.07) is 7.14. The van der Waals surface area contributed by atoms with Crippen molar-refractivity contribution < 1.29 is 30.4 Å². The van der Waals surface area contributed by atoms with Crippen LogP contribution < -0.4 is 0 Å². The van der Waals surface area contributed by atoms with Crippen molar-refractivity contribution >= 4 is 31.8 Å². The summed E-state index contributed by atoms with van der Waals surface area (Å²) in [4.78, 5) is -1.14. The molecule has 136 valence electrons. The lowest BCUT2D eigenvalue weighted by Crippen LogP contribution is -2.09. The molecule has 0 aliphatic heterocycles. The first-order valence-corrected chi connectivity index (χ1v) is 9.13. The van der Waals surface area contributed by atoms with Gasteiger partial charge in [-0.05, 0) is 23.8 Å². The third-order valence-electron chi connectivity index (χ3n) is 3.23. The average Bonchev–Trinajstić information content (AvgIpc) is 2.60. The summed E-state index contributed by atoms with van der Waals surface area (Å²) < 4.78 is 92.0. The molecule has 2 rings (SSSR count). The van der Waals surface area contributed by atoms with Gasteiger partial charge < -0.3 is 0 Å². The maximum Gasteiger partial charge on any atom is 0.200 e. The van der Waals surface area contributed by atoms with Crippen LogP contribution in [0.1, 0.15) is 11.1 Å². The van der Waals surface area contributed by atoms with Crippen LogP contribution in [0.2, 0.25) is 0 Å². The molecule has 0 saturated heterocycles. The van der Waals surface area contributed by atoms with Crippen molar-refractivity contribution in [1.29, 1.82) is 5.26 Å². The second-order valence-corrected chi connectivity index (χ2v) is 7.86. The summed E-state index contributed by atoms with van der Waals surface area (Å²) in [6.45, 7) is 0. The summed E-state index contributed by atoms with van der Waals surface area (Å²) in [5.74, 6) is -12.0. The lowest BCUT2D eigenvalue weighted by molar-refractivity contribution is 0.377. The zero-order valence-electron chi connectivity index (χ0n) is 12.5. The molecule has 2 aromatic rings. The first kappa shape index (κ1) is 20.1.